The Bertz CT molecular complexity index is 695. The second-order valence-electron chi connectivity index (χ2n) is 4.70. The third-order valence-electron chi connectivity index (χ3n) is 3.38. The molecule has 0 fully saturated rings. The maximum atomic E-state index is 5.85. The Morgan fingerprint density at radius 1 is 0.667 bits per heavy atom. The van der Waals surface area contributed by atoms with Crippen molar-refractivity contribution in [3.8, 4) is 11.1 Å². The van der Waals surface area contributed by atoms with Gasteiger partial charge in [0.05, 0.1) is 8.15 Å². The lowest BCUT2D eigenvalue weighted by atomic mass is 10.1. The summed E-state index contributed by atoms with van der Waals surface area (Å²) in [5.41, 5.74) is 2.48. The van der Waals surface area contributed by atoms with Gasteiger partial charge in [-0.25, -0.2) is 0 Å². The zero-order chi connectivity index (χ0) is 14.5. The average Bonchev–Trinajstić information content (AvgIpc) is 2.58. The molecule has 0 spiro atoms. The summed E-state index contributed by atoms with van der Waals surface area (Å²) in [4.78, 5) is 0. The Hall–Kier alpha value is -1.95. The highest BCUT2D eigenvalue weighted by molar-refractivity contribution is 7.68. The predicted octanol–water partition coefficient (Wildman–Crippen LogP) is 4.35. The van der Waals surface area contributed by atoms with Crippen molar-refractivity contribution in [1.82, 2.24) is 0 Å². The van der Waals surface area contributed by atoms with E-state index in [-0.39, 0.29) is 0 Å². The highest BCUT2D eigenvalue weighted by Gasteiger charge is 2.17. The van der Waals surface area contributed by atoms with Crippen molar-refractivity contribution in [1.29, 1.82) is 0 Å². The molecule has 0 saturated carbocycles. The zero-order valence-corrected chi connectivity index (χ0v) is 12.8. The molecule has 21 heavy (non-hydrogen) atoms. The van der Waals surface area contributed by atoms with E-state index in [9.17, 15) is 0 Å². The summed E-state index contributed by atoms with van der Waals surface area (Å²) < 4.78 is 5.85. The highest BCUT2D eigenvalue weighted by Crippen LogP contribution is 2.37. The lowest BCUT2D eigenvalue weighted by molar-refractivity contribution is 0.474. The Balaban J connectivity index is 2.10. The van der Waals surface area contributed by atoms with Crippen molar-refractivity contribution in [3.63, 3.8) is 0 Å². The van der Waals surface area contributed by atoms with Gasteiger partial charge in [0, 0.05) is 17.7 Å². The van der Waals surface area contributed by atoms with Crippen LogP contribution >= 0.6 is 8.15 Å². The molecule has 0 aliphatic rings. The van der Waals surface area contributed by atoms with E-state index in [2.05, 4.69) is 72.8 Å². The van der Waals surface area contributed by atoms with E-state index in [4.69, 9.17) is 4.52 Å². The minimum Gasteiger partial charge on any atom is -0.353 e. The molecule has 2 heteroatoms. The van der Waals surface area contributed by atoms with Crippen LogP contribution in [0, 0.1) is 0 Å². The Morgan fingerprint density at radius 3 is 1.90 bits per heavy atom. The van der Waals surface area contributed by atoms with Crippen LogP contribution in [-0.2, 0) is 4.52 Å². The third kappa shape index (κ3) is 3.05. The Kier molecular flexibility index (Phi) is 4.45. The zero-order valence-electron chi connectivity index (χ0n) is 11.9. The van der Waals surface area contributed by atoms with E-state index in [0.29, 0.717) is 0 Å². The topological polar surface area (TPSA) is 9.23 Å². The summed E-state index contributed by atoms with van der Waals surface area (Å²) >= 11 is 0. The van der Waals surface area contributed by atoms with Crippen LogP contribution in [0.3, 0.4) is 0 Å². The van der Waals surface area contributed by atoms with Gasteiger partial charge in [0.2, 0.25) is 0 Å². The lowest BCUT2D eigenvalue weighted by Crippen LogP contribution is -2.14. The van der Waals surface area contributed by atoms with E-state index >= 15 is 0 Å². The molecule has 0 heterocycles. The first-order chi connectivity index (χ1) is 10.4. The van der Waals surface area contributed by atoms with Crippen molar-refractivity contribution in [3.05, 3.63) is 84.9 Å². The minimum atomic E-state index is -0.793. The van der Waals surface area contributed by atoms with Gasteiger partial charge in [0.15, 0.2) is 0 Å². The van der Waals surface area contributed by atoms with Crippen molar-refractivity contribution in [2.24, 2.45) is 0 Å². The first-order valence-electron chi connectivity index (χ1n) is 6.94. The summed E-state index contributed by atoms with van der Waals surface area (Å²) in [5, 5.41) is 2.49. The third-order valence-corrected chi connectivity index (χ3v) is 5.34. The molecule has 0 bridgehead atoms. The van der Waals surface area contributed by atoms with E-state index in [1.807, 2.05) is 12.1 Å². The molecule has 1 atom stereocenters. The molecule has 0 aliphatic carbocycles. The van der Waals surface area contributed by atoms with E-state index in [1.54, 1.807) is 7.11 Å². The van der Waals surface area contributed by atoms with Crippen molar-refractivity contribution >= 4 is 18.8 Å². The molecular weight excluding hydrogens is 275 g/mol. The summed E-state index contributed by atoms with van der Waals surface area (Å²) in [6.45, 7) is 0. The second-order valence-corrected chi connectivity index (χ2v) is 6.65. The van der Waals surface area contributed by atoms with Crippen LogP contribution in [-0.4, -0.2) is 7.11 Å². The number of hydrogen-bond acceptors (Lipinski definition) is 1. The fourth-order valence-corrected chi connectivity index (χ4v) is 4.19. The molecule has 104 valence electrons. The standard InChI is InChI=1S/C19H17OP/c1-20-21(17-12-6-3-7-13-17)19-15-9-8-14-18(19)16-10-4-2-5-11-16/h2-15H,1H3/t21-/m1/s1. The quantitative estimate of drug-likeness (QED) is 0.650. The maximum absolute atomic E-state index is 5.85. The van der Waals surface area contributed by atoms with Crippen LogP contribution in [0.2, 0.25) is 0 Å². The van der Waals surface area contributed by atoms with Gasteiger partial charge in [-0.1, -0.05) is 84.9 Å². The van der Waals surface area contributed by atoms with Gasteiger partial charge in [-0.2, -0.15) is 0 Å². The summed E-state index contributed by atoms with van der Waals surface area (Å²) in [6, 6.07) is 29.4. The van der Waals surface area contributed by atoms with E-state index in [0.717, 1.165) is 0 Å². The van der Waals surface area contributed by atoms with Crippen LogP contribution in [0.1, 0.15) is 0 Å². The summed E-state index contributed by atoms with van der Waals surface area (Å²) in [7, 11) is 0.999. The lowest BCUT2D eigenvalue weighted by Gasteiger charge is -2.19. The molecule has 0 radical (unpaired) electrons. The highest BCUT2D eigenvalue weighted by atomic mass is 31.1. The van der Waals surface area contributed by atoms with Gasteiger partial charge in [-0.05, 0) is 11.1 Å². The first kappa shape index (κ1) is 14.0. The Labute approximate surface area is 127 Å². The molecule has 0 aliphatic heterocycles. The van der Waals surface area contributed by atoms with Crippen molar-refractivity contribution in [2.45, 2.75) is 0 Å². The number of hydrogen-bond donors (Lipinski definition) is 0. The van der Waals surface area contributed by atoms with Crippen LogP contribution in [0.15, 0.2) is 84.9 Å². The van der Waals surface area contributed by atoms with Crippen molar-refractivity contribution < 1.29 is 4.52 Å². The average molecular weight is 292 g/mol. The molecule has 0 amide bonds. The molecule has 3 aromatic carbocycles. The van der Waals surface area contributed by atoms with Crippen LogP contribution in [0.4, 0.5) is 0 Å². The molecule has 0 unspecified atom stereocenters. The van der Waals surface area contributed by atoms with Gasteiger partial charge in [-0.3, -0.25) is 0 Å². The molecule has 0 aromatic heterocycles. The SMILES string of the molecule is CO[P@](c1ccccc1)c1ccccc1-c1ccccc1. The monoisotopic (exact) mass is 292 g/mol. The molecular formula is C19H17OP. The van der Waals surface area contributed by atoms with E-state index < -0.39 is 8.15 Å². The predicted molar refractivity (Wildman–Crippen MR) is 91.5 cm³/mol. The van der Waals surface area contributed by atoms with Gasteiger partial charge >= 0.3 is 0 Å². The van der Waals surface area contributed by atoms with Gasteiger partial charge in [-0.15, -0.1) is 0 Å². The smallest absolute Gasteiger partial charge is 0.0919 e. The number of benzene rings is 3. The fourth-order valence-electron chi connectivity index (χ4n) is 2.42. The molecule has 3 rings (SSSR count). The normalized spacial score (nSPS) is 12.0. The first-order valence-corrected chi connectivity index (χ1v) is 8.20. The second kappa shape index (κ2) is 6.67. The molecule has 3 aromatic rings. The number of rotatable bonds is 4. The van der Waals surface area contributed by atoms with Crippen molar-refractivity contribution in [2.75, 3.05) is 7.11 Å². The van der Waals surface area contributed by atoms with Gasteiger partial charge in [0.25, 0.3) is 0 Å². The van der Waals surface area contributed by atoms with Crippen LogP contribution in [0.25, 0.3) is 11.1 Å². The van der Waals surface area contributed by atoms with Crippen LogP contribution in [0.5, 0.6) is 0 Å². The van der Waals surface area contributed by atoms with Gasteiger partial charge < -0.3 is 4.52 Å². The largest absolute Gasteiger partial charge is 0.353 e. The van der Waals surface area contributed by atoms with E-state index in [1.165, 1.54) is 21.7 Å². The minimum absolute atomic E-state index is 0.793. The summed E-state index contributed by atoms with van der Waals surface area (Å²) in [6.07, 6.45) is 0. The maximum Gasteiger partial charge on any atom is 0.0919 e. The fraction of sp³-hybridized carbons (Fsp3) is 0.0526. The molecule has 0 N–H and O–H groups in total. The van der Waals surface area contributed by atoms with Gasteiger partial charge in [0.1, 0.15) is 0 Å². The molecule has 1 nitrogen and oxygen atoms in total. The molecule has 0 saturated heterocycles. The summed E-state index contributed by atoms with van der Waals surface area (Å²) in [5.74, 6) is 0. The van der Waals surface area contributed by atoms with Crippen LogP contribution < -0.4 is 10.6 Å². The Morgan fingerprint density at radius 2 is 1.24 bits per heavy atom.